The number of hydrogen-bond acceptors (Lipinski definition) is 6. The molecule has 1 radical (unpaired) electrons. The number of ether oxygens (including phenoxy) is 1. The molecule has 3 aromatic rings. The Morgan fingerprint density at radius 3 is 2.67 bits per heavy atom. The van der Waals surface area contributed by atoms with Gasteiger partial charge in [-0.2, -0.15) is 13.2 Å². The van der Waals surface area contributed by atoms with E-state index in [-0.39, 0.29) is 12.2 Å². The van der Waals surface area contributed by atoms with Crippen LogP contribution in [0.2, 0.25) is 0 Å². The number of benzene rings is 2. The van der Waals surface area contributed by atoms with E-state index in [2.05, 4.69) is 16.4 Å². The van der Waals surface area contributed by atoms with Crippen molar-refractivity contribution in [2.45, 2.75) is 45.4 Å². The van der Waals surface area contributed by atoms with Crippen molar-refractivity contribution in [2.24, 2.45) is 5.92 Å². The monoisotopic (exact) mass is 519 g/mol. The fourth-order valence-electron chi connectivity index (χ4n) is 4.01. The van der Waals surface area contributed by atoms with Crippen LogP contribution in [0.25, 0.3) is 21.3 Å². The van der Waals surface area contributed by atoms with Crippen LogP contribution in [0.15, 0.2) is 30.3 Å². The molecule has 36 heavy (non-hydrogen) atoms. The minimum atomic E-state index is -4.59. The molecule has 0 bridgehead atoms. The van der Waals surface area contributed by atoms with Crippen LogP contribution >= 0.6 is 11.3 Å². The number of anilines is 2. The number of nitrogens with zero attached hydrogens (tertiary/aromatic N) is 2. The molecule has 2 heterocycles. The van der Waals surface area contributed by atoms with Crippen molar-refractivity contribution in [1.29, 1.82) is 0 Å². The van der Waals surface area contributed by atoms with Crippen molar-refractivity contribution in [3.8, 4) is 11.1 Å². The average molecular weight is 520 g/mol. The maximum Gasteiger partial charge on any atom is 0.416 e. The number of halogens is 3. The van der Waals surface area contributed by atoms with Crippen LogP contribution in [-0.2, 0) is 15.7 Å². The molecule has 0 saturated carbocycles. The second-order valence-electron chi connectivity index (χ2n) is 9.65. The minimum absolute atomic E-state index is 0.00279. The van der Waals surface area contributed by atoms with Crippen LogP contribution in [-0.4, -0.2) is 40.6 Å². The number of hydrogen-bond donors (Lipinski definition) is 2. The maximum absolute atomic E-state index is 13.5. The lowest BCUT2D eigenvalue weighted by molar-refractivity contribution is -0.137. The van der Waals surface area contributed by atoms with E-state index in [1.54, 1.807) is 32.9 Å². The largest absolute Gasteiger partial charge is 0.444 e. The lowest BCUT2D eigenvalue weighted by Crippen LogP contribution is -2.45. The van der Waals surface area contributed by atoms with E-state index in [4.69, 9.17) is 10.5 Å². The van der Waals surface area contributed by atoms with Crippen LogP contribution in [0.3, 0.4) is 0 Å². The lowest BCUT2D eigenvalue weighted by atomic mass is 9.96. The summed E-state index contributed by atoms with van der Waals surface area (Å²) >= 11 is 1.28. The van der Waals surface area contributed by atoms with Gasteiger partial charge in [0.05, 0.1) is 21.7 Å². The summed E-state index contributed by atoms with van der Waals surface area (Å²) in [7, 11) is 0. The minimum Gasteiger partial charge on any atom is -0.444 e. The highest BCUT2D eigenvalue weighted by Crippen LogP contribution is 2.37. The molecule has 7 nitrogen and oxygen atoms in total. The summed E-state index contributed by atoms with van der Waals surface area (Å²) in [5.74, 6) is -1.07. The van der Waals surface area contributed by atoms with E-state index in [0.717, 1.165) is 16.8 Å². The molecule has 4 rings (SSSR count). The SMILES string of the molecule is CC(C)(C)OC(=O)N1CCCC(C(=O)Nc2cc(C(F)(F)F)ccc2-c2[c]c3nc(N)sc3cc2)C1. The second kappa shape index (κ2) is 9.61. The number of alkyl halides is 3. The molecule has 0 spiro atoms. The predicted molar refractivity (Wildman–Crippen MR) is 132 cm³/mol. The van der Waals surface area contributed by atoms with Gasteiger partial charge in [-0.25, -0.2) is 9.78 Å². The fourth-order valence-corrected chi connectivity index (χ4v) is 4.71. The first-order chi connectivity index (χ1) is 16.8. The standard InChI is InChI=1S/C25H26F3N4O3S/c1-24(2,3)35-23(34)32-10-4-5-15(13-32)21(33)30-18-12-16(25(26,27)28)7-8-17(18)14-6-9-20-19(11-14)31-22(29)36-20/h6-9,12,15H,4-5,10,13H2,1-3H3,(H2,29,31)(H,30,33). The smallest absolute Gasteiger partial charge is 0.416 e. The zero-order valence-electron chi connectivity index (χ0n) is 20.0. The molecule has 191 valence electrons. The Morgan fingerprint density at radius 1 is 1.22 bits per heavy atom. The molecule has 1 unspecified atom stereocenters. The first kappa shape index (κ1) is 25.7. The van der Waals surface area contributed by atoms with Gasteiger partial charge in [0.25, 0.3) is 0 Å². The summed E-state index contributed by atoms with van der Waals surface area (Å²) in [5.41, 5.74) is 5.52. The summed E-state index contributed by atoms with van der Waals surface area (Å²) < 4.78 is 46.6. The van der Waals surface area contributed by atoms with Gasteiger partial charge >= 0.3 is 12.3 Å². The zero-order valence-corrected chi connectivity index (χ0v) is 20.8. The highest BCUT2D eigenvalue weighted by atomic mass is 32.1. The third-order valence-electron chi connectivity index (χ3n) is 5.66. The Hall–Kier alpha value is -3.34. The average Bonchev–Trinajstić information content (AvgIpc) is 3.16. The molecule has 1 aliphatic heterocycles. The van der Waals surface area contributed by atoms with E-state index >= 15 is 0 Å². The van der Waals surface area contributed by atoms with Gasteiger partial charge in [-0.1, -0.05) is 23.5 Å². The molecule has 1 aliphatic rings. The molecular weight excluding hydrogens is 493 g/mol. The number of nitrogen functional groups attached to an aromatic ring is 1. The molecule has 1 atom stereocenters. The number of thiazole rings is 1. The number of piperidine rings is 1. The predicted octanol–water partition coefficient (Wildman–Crippen LogP) is 5.95. The molecule has 2 aromatic carbocycles. The highest BCUT2D eigenvalue weighted by molar-refractivity contribution is 7.22. The third-order valence-corrected chi connectivity index (χ3v) is 6.51. The summed E-state index contributed by atoms with van der Waals surface area (Å²) in [6.07, 6.45) is -4.05. The molecule has 0 aliphatic carbocycles. The number of amides is 2. The summed E-state index contributed by atoms with van der Waals surface area (Å²) in [6, 6.07) is 9.71. The Balaban J connectivity index is 1.61. The molecule has 2 amide bonds. The van der Waals surface area contributed by atoms with Gasteiger partial charge < -0.3 is 20.7 Å². The molecule has 11 heteroatoms. The molecule has 1 saturated heterocycles. The normalized spacial score (nSPS) is 16.7. The number of carbonyl (C=O) groups excluding carboxylic acids is 2. The summed E-state index contributed by atoms with van der Waals surface area (Å²) in [4.78, 5) is 31.3. The first-order valence-corrected chi connectivity index (χ1v) is 12.2. The van der Waals surface area contributed by atoms with Crippen molar-refractivity contribution in [1.82, 2.24) is 9.88 Å². The number of nitrogens with two attached hydrogens (primary N) is 1. The molecule has 1 fully saturated rings. The van der Waals surface area contributed by atoms with E-state index in [0.29, 0.717) is 41.2 Å². The first-order valence-electron chi connectivity index (χ1n) is 11.4. The quantitative estimate of drug-likeness (QED) is 0.446. The molecule has 3 N–H and O–H groups in total. The van der Waals surface area contributed by atoms with Gasteiger partial charge in [0.2, 0.25) is 5.91 Å². The maximum atomic E-state index is 13.5. The number of likely N-dealkylation sites (tertiary alicyclic amines) is 1. The van der Waals surface area contributed by atoms with Crippen molar-refractivity contribution >= 4 is 44.4 Å². The van der Waals surface area contributed by atoms with Gasteiger partial charge in [-0.05, 0) is 57.4 Å². The van der Waals surface area contributed by atoms with Crippen molar-refractivity contribution in [2.75, 3.05) is 24.1 Å². The van der Waals surface area contributed by atoms with Gasteiger partial charge in [-0.15, -0.1) is 0 Å². The zero-order chi connectivity index (χ0) is 26.3. The van der Waals surface area contributed by atoms with E-state index in [9.17, 15) is 22.8 Å². The Kier molecular flexibility index (Phi) is 6.87. The number of carbonyl (C=O) groups is 2. The summed E-state index contributed by atoms with van der Waals surface area (Å²) in [6.45, 7) is 5.82. The van der Waals surface area contributed by atoms with Crippen LogP contribution in [0, 0.1) is 12.0 Å². The van der Waals surface area contributed by atoms with E-state index < -0.39 is 35.3 Å². The van der Waals surface area contributed by atoms with Crippen molar-refractivity contribution in [3.63, 3.8) is 0 Å². The van der Waals surface area contributed by atoms with Crippen LogP contribution in [0.4, 0.5) is 28.8 Å². The van der Waals surface area contributed by atoms with Crippen molar-refractivity contribution < 1.29 is 27.5 Å². The van der Waals surface area contributed by atoms with Gasteiger partial charge in [0, 0.05) is 30.4 Å². The molecule has 1 aromatic heterocycles. The fraction of sp³-hybridized carbons (Fsp3) is 0.400. The van der Waals surface area contributed by atoms with E-state index in [1.807, 2.05) is 0 Å². The molecular formula is C25H26F3N4O3S. The summed E-state index contributed by atoms with van der Waals surface area (Å²) in [5, 5.41) is 3.02. The van der Waals surface area contributed by atoms with Gasteiger partial charge in [-0.3, -0.25) is 4.79 Å². The third kappa shape index (κ3) is 5.89. The highest BCUT2D eigenvalue weighted by Gasteiger charge is 2.33. The topological polar surface area (TPSA) is 97.5 Å². The number of aromatic nitrogens is 1. The van der Waals surface area contributed by atoms with Crippen molar-refractivity contribution in [3.05, 3.63) is 42.0 Å². The Labute approximate surface area is 210 Å². The van der Waals surface area contributed by atoms with Crippen LogP contribution < -0.4 is 11.1 Å². The Morgan fingerprint density at radius 2 is 1.97 bits per heavy atom. The second-order valence-corrected chi connectivity index (χ2v) is 10.7. The van der Waals surface area contributed by atoms with E-state index in [1.165, 1.54) is 22.3 Å². The lowest BCUT2D eigenvalue weighted by Gasteiger charge is -2.33. The number of nitrogens with one attached hydrogen (secondary N) is 1. The van der Waals surface area contributed by atoms with Crippen LogP contribution in [0.5, 0.6) is 0 Å². The number of rotatable bonds is 3. The van der Waals surface area contributed by atoms with Crippen LogP contribution in [0.1, 0.15) is 39.2 Å². The number of fused-ring (bicyclic) bond motifs is 1. The Bertz CT molecular complexity index is 1300. The van der Waals surface area contributed by atoms with Gasteiger partial charge in [0.15, 0.2) is 5.13 Å². The van der Waals surface area contributed by atoms with Gasteiger partial charge in [0.1, 0.15) is 5.60 Å².